The molecule has 0 spiro atoms. The van der Waals surface area contributed by atoms with E-state index in [1.807, 2.05) is 18.2 Å². The van der Waals surface area contributed by atoms with E-state index in [0.29, 0.717) is 22.1 Å². The van der Waals surface area contributed by atoms with Gasteiger partial charge in [-0.25, -0.2) is 0 Å². The Hall–Kier alpha value is -0.280. The van der Waals surface area contributed by atoms with Crippen molar-refractivity contribution in [2.75, 3.05) is 0 Å². The smallest absolute Gasteiger partial charge is 0.0637 e. The first-order valence-corrected chi connectivity index (χ1v) is 6.84. The molecule has 0 amide bonds. The molecule has 1 aliphatic rings. The zero-order valence-corrected chi connectivity index (χ0v) is 11.3. The van der Waals surface area contributed by atoms with Crippen LogP contribution in [0.4, 0.5) is 0 Å². The van der Waals surface area contributed by atoms with Gasteiger partial charge in [-0.1, -0.05) is 35.3 Å². The molecule has 1 fully saturated rings. The minimum Gasteiger partial charge on any atom is -0.328 e. The Kier molecular flexibility index (Phi) is 4.69. The van der Waals surface area contributed by atoms with Crippen molar-refractivity contribution in [3.05, 3.63) is 33.8 Å². The average molecular weight is 273 g/mol. The lowest BCUT2D eigenvalue weighted by Crippen LogP contribution is -2.37. The van der Waals surface area contributed by atoms with Gasteiger partial charge in [0.1, 0.15) is 0 Å². The van der Waals surface area contributed by atoms with Gasteiger partial charge in [-0.3, -0.25) is 0 Å². The van der Waals surface area contributed by atoms with Gasteiger partial charge in [-0.15, -0.1) is 0 Å². The van der Waals surface area contributed by atoms with Gasteiger partial charge in [0, 0.05) is 18.6 Å². The van der Waals surface area contributed by atoms with Crippen molar-refractivity contribution in [3.63, 3.8) is 0 Å². The van der Waals surface area contributed by atoms with Crippen molar-refractivity contribution < 1.29 is 0 Å². The second-order valence-electron chi connectivity index (χ2n) is 4.71. The Morgan fingerprint density at radius 1 is 1.18 bits per heavy atom. The molecule has 0 heterocycles. The number of nitrogens with one attached hydrogen (secondary N) is 1. The van der Waals surface area contributed by atoms with E-state index in [-0.39, 0.29) is 0 Å². The molecule has 1 saturated carbocycles. The summed E-state index contributed by atoms with van der Waals surface area (Å²) >= 11 is 12.1. The van der Waals surface area contributed by atoms with Crippen molar-refractivity contribution in [2.24, 2.45) is 5.73 Å². The lowest BCUT2D eigenvalue weighted by Gasteiger charge is -2.27. The van der Waals surface area contributed by atoms with E-state index in [2.05, 4.69) is 5.32 Å². The summed E-state index contributed by atoms with van der Waals surface area (Å²) in [6.45, 7) is 0.777. The standard InChI is InChI=1S/C13H18Cl2N2/c14-12-3-1-2-9(13(12)15)8-17-11-6-4-10(16)5-7-11/h1-3,10-11,17H,4-8,16H2. The molecule has 17 heavy (non-hydrogen) atoms. The van der Waals surface area contributed by atoms with Gasteiger partial charge in [-0.05, 0) is 37.3 Å². The van der Waals surface area contributed by atoms with Crippen molar-refractivity contribution in [2.45, 2.75) is 44.3 Å². The van der Waals surface area contributed by atoms with E-state index in [9.17, 15) is 0 Å². The molecule has 0 aromatic heterocycles. The number of nitrogens with two attached hydrogens (primary N) is 1. The molecule has 94 valence electrons. The van der Waals surface area contributed by atoms with E-state index in [1.54, 1.807) is 0 Å². The minimum atomic E-state index is 0.391. The Bertz CT molecular complexity index is 374. The molecule has 4 heteroatoms. The molecule has 3 N–H and O–H groups in total. The van der Waals surface area contributed by atoms with Crippen molar-refractivity contribution >= 4 is 23.2 Å². The first-order chi connectivity index (χ1) is 8.16. The van der Waals surface area contributed by atoms with Gasteiger partial charge >= 0.3 is 0 Å². The van der Waals surface area contributed by atoms with Crippen LogP contribution in [-0.2, 0) is 6.54 Å². The summed E-state index contributed by atoms with van der Waals surface area (Å²) in [5.74, 6) is 0. The molecule has 0 bridgehead atoms. The van der Waals surface area contributed by atoms with Crippen LogP contribution in [-0.4, -0.2) is 12.1 Å². The second-order valence-corrected chi connectivity index (χ2v) is 5.49. The normalized spacial score (nSPS) is 24.9. The largest absolute Gasteiger partial charge is 0.328 e. The number of rotatable bonds is 3. The summed E-state index contributed by atoms with van der Waals surface area (Å²) in [4.78, 5) is 0. The summed E-state index contributed by atoms with van der Waals surface area (Å²) in [6.07, 6.45) is 4.53. The third kappa shape index (κ3) is 3.59. The molecular formula is C13H18Cl2N2. The fourth-order valence-electron chi connectivity index (χ4n) is 2.26. The van der Waals surface area contributed by atoms with Crippen LogP contribution in [0.25, 0.3) is 0 Å². The summed E-state index contributed by atoms with van der Waals surface area (Å²) in [5.41, 5.74) is 6.95. The van der Waals surface area contributed by atoms with Crippen LogP contribution in [0.15, 0.2) is 18.2 Å². The molecule has 0 aliphatic heterocycles. The maximum absolute atomic E-state index is 6.14. The molecule has 1 aromatic carbocycles. The molecule has 1 aromatic rings. The summed E-state index contributed by atoms with van der Waals surface area (Å²) in [5, 5.41) is 4.81. The highest BCUT2D eigenvalue weighted by Crippen LogP contribution is 2.26. The highest BCUT2D eigenvalue weighted by Gasteiger charge is 2.18. The number of hydrogen-bond donors (Lipinski definition) is 2. The summed E-state index contributed by atoms with van der Waals surface area (Å²) < 4.78 is 0. The molecule has 1 aliphatic carbocycles. The first-order valence-electron chi connectivity index (χ1n) is 6.08. The van der Waals surface area contributed by atoms with Gasteiger partial charge in [0.2, 0.25) is 0 Å². The number of benzene rings is 1. The van der Waals surface area contributed by atoms with Gasteiger partial charge in [0.05, 0.1) is 10.0 Å². The van der Waals surface area contributed by atoms with Gasteiger partial charge in [0.15, 0.2) is 0 Å². The van der Waals surface area contributed by atoms with Crippen LogP contribution in [0.3, 0.4) is 0 Å². The van der Waals surface area contributed by atoms with Crippen LogP contribution in [0.2, 0.25) is 10.0 Å². The Morgan fingerprint density at radius 3 is 2.59 bits per heavy atom. The van der Waals surface area contributed by atoms with Crippen molar-refractivity contribution in [1.82, 2.24) is 5.32 Å². The quantitative estimate of drug-likeness (QED) is 0.886. The molecule has 0 radical (unpaired) electrons. The molecule has 2 rings (SSSR count). The lowest BCUT2D eigenvalue weighted by atomic mass is 9.92. The maximum Gasteiger partial charge on any atom is 0.0637 e. The number of halogens is 2. The zero-order valence-electron chi connectivity index (χ0n) is 9.76. The van der Waals surface area contributed by atoms with E-state index < -0.39 is 0 Å². The molecule has 0 unspecified atom stereocenters. The van der Waals surface area contributed by atoms with Crippen LogP contribution in [0.5, 0.6) is 0 Å². The highest BCUT2D eigenvalue weighted by atomic mass is 35.5. The second kappa shape index (κ2) is 6.05. The predicted molar refractivity (Wildman–Crippen MR) is 73.5 cm³/mol. The van der Waals surface area contributed by atoms with E-state index in [4.69, 9.17) is 28.9 Å². The van der Waals surface area contributed by atoms with Crippen molar-refractivity contribution in [1.29, 1.82) is 0 Å². The van der Waals surface area contributed by atoms with Gasteiger partial charge in [0.25, 0.3) is 0 Å². The predicted octanol–water partition coefficient (Wildman–Crippen LogP) is 3.35. The molecule has 2 nitrogen and oxygen atoms in total. The molecule has 0 atom stereocenters. The van der Waals surface area contributed by atoms with E-state index in [1.165, 1.54) is 0 Å². The van der Waals surface area contributed by atoms with Crippen molar-refractivity contribution in [3.8, 4) is 0 Å². The monoisotopic (exact) mass is 272 g/mol. The summed E-state index contributed by atoms with van der Waals surface area (Å²) in [6, 6.07) is 6.71. The van der Waals surface area contributed by atoms with Crippen LogP contribution < -0.4 is 11.1 Å². The molecule has 0 saturated heterocycles. The van der Waals surface area contributed by atoms with Crippen LogP contribution >= 0.6 is 23.2 Å². The first kappa shape index (κ1) is 13.2. The molecular weight excluding hydrogens is 255 g/mol. The van der Waals surface area contributed by atoms with Gasteiger partial charge < -0.3 is 11.1 Å². The van der Waals surface area contributed by atoms with E-state index >= 15 is 0 Å². The fourth-order valence-corrected chi connectivity index (χ4v) is 2.65. The Labute approximate surface area is 112 Å². The fraction of sp³-hybridized carbons (Fsp3) is 0.538. The lowest BCUT2D eigenvalue weighted by molar-refractivity contribution is 0.342. The zero-order chi connectivity index (χ0) is 12.3. The number of hydrogen-bond acceptors (Lipinski definition) is 2. The third-order valence-corrected chi connectivity index (χ3v) is 4.24. The average Bonchev–Trinajstić information content (AvgIpc) is 2.33. The van der Waals surface area contributed by atoms with Crippen LogP contribution in [0.1, 0.15) is 31.2 Å². The van der Waals surface area contributed by atoms with Gasteiger partial charge in [-0.2, -0.15) is 0 Å². The SMILES string of the molecule is NC1CCC(NCc2cccc(Cl)c2Cl)CC1. The van der Waals surface area contributed by atoms with Crippen LogP contribution in [0, 0.1) is 0 Å². The topological polar surface area (TPSA) is 38.0 Å². The maximum atomic E-state index is 6.14. The minimum absolute atomic E-state index is 0.391. The Balaban J connectivity index is 1.87. The third-order valence-electron chi connectivity index (χ3n) is 3.38. The highest BCUT2D eigenvalue weighted by molar-refractivity contribution is 6.42. The van der Waals surface area contributed by atoms with E-state index in [0.717, 1.165) is 37.8 Å². The Morgan fingerprint density at radius 2 is 1.88 bits per heavy atom. The summed E-state index contributed by atoms with van der Waals surface area (Å²) in [7, 11) is 0.